The number of fused-ring (bicyclic) bond motifs is 2. The van der Waals surface area contributed by atoms with E-state index in [9.17, 15) is 0 Å². The van der Waals surface area contributed by atoms with E-state index in [0.717, 1.165) is 18.5 Å². The van der Waals surface area contributed by atoms with E-state index in [0.29, 0.717) is 0 Å². The molecular weight excluding hydrogens is 290 g/mol. The van der Waals surface area contributed by atoms with Crippen LogP contribution in [-0.4, -0.2) is 7.05 Å². The molecule has 1 heteroatoms. The summed E-state index contributed by atoms with van der Waals surface area (Å²) in [5, 5.41) is 3.18. The molecule has 0 aromatic heterocycles. The molecule has 0 atom stereocenters. The van der Waals surface area contributed by atoms with Crippen molar-refractivity contribution < 1.29 is 0 Å². The molecule has 0 saturated heterocycles. The van der Waals surface area contributed by atoms with Crippen molar-refractivity contribution >= 4 is 17.3 Å². The van der Waals surface area contributed by atoms with Crippen LogP contribution in [0.2, 0.25) is 0 Å². The van der Waals surface area contributed by atoms with Gasteiger partial charge in [0.25, 0.3) is 0 Å². The zero-order valence-electron chi connectivity index (χ0n) is 13.9. The van der Waals surface area contributed by atoms with Crippen LogP contribution >= 0.6 is 0 Å². The van der Waals surface area contributed by atoms with Gasteiger partial charge in [0.2, 0.25) is 0 Å². The number of rotatable bonds is 2. The minimum atomic E-state index is 1.10. The molecule has 0 radical (unpaired) electrons. The molecule has 0 saturated carbocycles. The normalized spacial score (nSPS) is 12.8. The highest BCUT2D eigenvalue weighted by atomic mass is 14.8. The van der Waals surface area contributed by atoms with E-state index < -0.39 is 0 Å². The van der Waals surface area contributed by atoms with Crippen LogP contribution in [0, 0.1) is 0 Å². The Morgan fingerprint density at radius 2 is 1.25 bits per heavy atom. The summed E-state index contributed by atoms with van der Waals surface area (Å²) in [5.74, 6) is 0. The summed E-state index contributed by atoms with van der Waals surface area (Å²) in [5.41, 5.74) is 9.30. The molecule has 0 bridgehead atoms. The zero-order valence-corrected chi connectivity index (χ0v) is 13.9. The van der Waals surface area contributed by atoms with E-state index in [-0.39, 0.29) is 0 Å². The summed E-state index contributed by atoms with van der Waals surface area (Å²) in [6, 6.07) is 26.2. The monoisotopic (exact) mass is 311 g/mol. The van der Waals surface area contributed by atoms with Crippen molar-refractivity contribution in [3.63, 3.8) is 0 Å². The van der Waals surface area contributed by atoms with Gasteiger partial charge in [-0.25, -0.2) is 0 Å². The Morgan fingerprint density at radius 1 is 0.708 bits per heavy atom. The van der Waals surface area contributed by atoms with Gasteiger partial charge < -0.3 is 5.32 Å². The molecule has 0 aliphatic heterocycles. The van der Waals surface area contributed by atoms with Crippen molar-refractivity contribution in [2.75, 3.05) is 12.4 Å². The summed E-state index contributed by atoms with van der Waals surface area (Å²) in [6.07, 6.45) is 4.52. The van der Waals surface area contributed by atoms with E-state index in [2.05, 4.69) is 84.2 Å². The van der Waals surface area contributed by atoms with E-state index in [1.54, 1.807) is 0 Å². The third-order valence-corrected chi connectivity index (χ3v) is 4.79. The summed E-state index contributed by atoms with van der Waals surface area (Å²) in [6.45, 7) is 0. The number of benzene rings is 3. The lowest BCUT2D eigenvalue weighted by Gasteiger charge is -2.12. The number of hydrogen-bond acceptors (Lipinski definition) is 1. The van der Waals surface area contributed by atoms with E-state index in [1.165, 1.54) is 33.4 Å². The van der Waals surface area contributed by atoms with Gasteiger partial charge >= 0.3 is 0 Å². The van der Waals surface area contributed by atoms with Gasteiger partial charge in [0.05, 0.1) is 0 Å². The van der Waals surface area contributed by atoms with Crippen molar-refractivity contribution in [2.24, 2.45) is 0 Å². The molecule has 0 spiro atoms. The smallest absolute Gasteiger partial charge is 0.0337 e. The Labute approximate surface area is 143 Å². The molecule has 1 aliphatic rings. The number of anilines is 1. The second-order valence-electron chi connectivity index (χ2n) is 6.24. The molecule has 118 valence electrons. The lowest BCUT2D eigenvalue weighted by molar-refractivity contribution is 0.965. The Morgan fingerprint density at radius 3 is 1.79 bits per heavy atom. The number of aryl methyl sites for hydroxylation is 2. The first kappa shape index (κ1) is 14.8. The van der Waals surface area contributed by atoms with Crippen LogP contribution in [0.1, 0.15) is 27.8 Å². The van der Waals surface area contributed by atoms with Crippen molar-refractivity contribution in [2.45, 2.75) is 12.8 Å². The Balaban J connectivity index is 1.90. The highest BCUT2D eigenvalue weighted by molar-refractivity contribution is 5.94. The Kier molecular flexibility index (Phi) is 3.92. The first-order chi connectivity index (χ1) is 11.8. The van der Waals surface area contributed by atoms with Crippen LogP contribution in [0.5, 0.6) is 0 Å². The molecule has 3 aromatic rings. The average molecular weight is 311 g/mol. The Hall–Kier alpha value is -2.80. The van der Waals surface area contributed by atoms with Crippen LogP contribution < -0.4 is 5.32 Å². The van der Waals surface area contributed by atoms with Gasteiger partial charge in [0.1, 0.15) is 0 Å². The van der Waals surface area contributed by atoms with Gasteiger partial charge in [-0.05, 0) is 64.4 Å². The molecule has 1 nitrogen and oxygen atoms in total. The number of hydrogen-bond donors (Lipinski definition) is 1. The summed E-state index contributed by atoms with van der Waals surface area (Å²) < 4.78 is 0. The molecule has 1 N–H and O–H groups in total. The third kappa shape index (κ3) is 2.74. The van der Waals surface area contributed by atoms with E-state index in [4.69, 9.17) is 0 Å². The van der Waals surface area contributed by atoms with Gasteiger partial charge in [-0.15, -0.1) is 0 Å². The zero-order chi connectivity index (χ0) is 16.4. The molecule has 1 aliphatic carbocycles. The Bertz CT molecular complexity index is 838. The van der Waals surface area contributed by atoms with E-state index >= 15 is 0 Å². The summed E-state index contributed by atoms with van der Waals surface area (Å²) in [4.78, 5) is 0. The highest BCUT2D eigenvalue weighted by Crippen LogP contribution is 2.34. The van der Waals surface area contributed by atoms with Gasteiger partial charge in [-0.3, -0.25) is 0 Å². The summed E-state index contributed by atoms with van der Waals surface area (Å²) in [7, 11) is 1.95. The third-order valence-electron chi connectivity index (χ3n) is 4.79. The van der Waals surface area contributed by atoms with Crippen molar-refractivity contribution in [3.8, 4) is 0 Å². The average Bonchev–Trinajstić information content (AvgIpc) is 2.80. The predicted molar refractivity (Wildman–Crippen MR) is 103 cm³/mol. The lowest BCUT2D eigenvalue weighted by Crippen LogP contribution is -1.92. The molecule has 3 aromatic carbocycles. The topological polar surface area (TPSA) is 12.0 Å². The van der Waals surface area contributed by atoms with Crippen LogP contribution in [0.15, 0.2) is 72.8 Å². The van der Waals surface area contributed by atoms with Gasteiger partial charge in [0, 0.05) is 12.7 Å². The van der Waals surface area contributed by atoms with E-state index in [1.807, 2.05) is 7.05 Å². The minimum absolute atomic E-state index is 1.10. The molecule has 0 unspecified atom stereocenters. The fraction of sp³-hybridized carbons (Fsp3) is 0.130. The largest absolute Gasteiger partial charge is 0.388 e. The fourth-order valence-corrected chi connectivity index (χ4v) is 3.48. The predicted octanol–water partition coefficient (Wildman–Crippen LogP) is 5.42. The fourth-order valence-electron chi connectivity index (χ4n) is 3.48. The molecule has 0 fully saturated rings. The molecule has 24 heavy (non-hydrogen) atoms. The van der Waals surface area contributed by atoms with Crippen LogP contribution in [0.4, 0.5) is 5.69 Å². The summed E-state index contributed by atoms with van der Waals surface area (Å²) >= 11 is 0. The lowest BCUT2D eigenvalue weighted by atomic mass is 9.92. The maximum absolute atomic E-state index is 3.18. The highest BCUT2D eigenvalue weighted by Gasteiger charge is 2.17. The maximum Gasteiger partial charge on any atom is 0.0337 e. The quantitative estimate of drug-likeness (QED) is 0.666. The standard InChI is InChI=1S/C23H21N/c1-24-20-14-10-17(11-15-20)16-23-21-8-4-2-6-18(21)12-13-19-7-3-5-9-22(19)23/h2-11,14-16,24H,12-13H2,1H3. The SMILES string of the molecule is CNc1ccc(C=C2c3ccccc3CCc3ccccc32)cc1. The first-order valence-electron chi connectivity index (χ1n) is 8.51. The second-order valence-corrected chi connectivity index (χ2v) is 6.24. The molecular formula is C23H21N. The van der Waals surface area contributed by atoms with Crippen LogP contribution in [-0.2, 0) is 12.8 Å². The minimum Gasteiger partial charge on any atom is -0.388 e. The van der Waals surface area contributed by atoms with Crippen LogP contribution in [0.25, 0.3) is 11.6 Å². The molecule has 4 rings (SSSR count). The molecule has 0 amide bonds. The van der Waals surface area contributed by atoms with Crippen molar-refractivity contribution in [3.05, 3.63) is 101 Å². The second kappa shape index (κ2) is 6.37. The van der Waals surface area contributed by atoms with Crippen LogP contribution in [0.3, 0.4) is 0 Å². The van der Waals surface area contributed by atoms with Gasteiger partial charge in [-0.2, -0.15) is 0 Å². The maximum atomic E-state index is 3.18. The molecule has 0 heterocycles. The van der Waals surface area contributed by atoms with Gasteiger partial charge in [-0.1, -0.05) is 60.7 Å². The van der Waals surface area contributed by atoms with Crippen molar-refractivity contribution in [1.29, 1.82) is 0 Å². The first-order valence-corrected chi connectivity index (χ1v) is 8.51. The number of nitrogens with one attached hydrogen (secondary N) is 1. The van der Waals surface area contributed by atoms with Gasteiger partial charge in [0.15, 0.2) is 0 Å². The van der Waals surface area contributed by atoms with Crippen molar-refractivity contribution in [1.82, 2.24) is 0 Å².